The molecular weight excluding hydrogens is 280 g/mol. The van der Waals surface area contributed by atoms with Gasteiger partial charge < -0.3 is 9.64 Å². The number of hydrogen-bond acceptors (Lipinski definition) is 4. The van der Waals surface area contributed by atoms with E-state index in [0.29, 0.717) is 6.07 Å². The Morgan fingerprint density at radius 2 is 1.86 bits per heavy atom. The Balaban J connectivity index is 3.30. The second-order valence-corrected chi connectivity index (χ2v) is 4.64. The summed E-state index contributed by atoms with van der Waals surface area (Å²) in [6.07, 6.45) is 1.25. The van der Waals surface area contributed by atoms with Gasteiger partial charge in [0.05, 0.1) is 12.2 Å². The molecule has 0 aliphatic carbocycles. The molecule has 0 heterocycles. The summed E-state index contributed by atoms with van der Waals surface area (Å²) in [6, 6.07) is 1.71. The summed E-state index contributed by atoms with van der Waals surface area (Å²) in [4.78, 5) is 25.6. The average Bonchev–Trinajstić information content (AvgIpc) is 2.39. The molecule has 0 amide bonds. The lowest BCUT2D eigenvalue weighted by molar-refractivity contribution is -0.138. The van der Waals surface area contributed by atoms with Crippen molar-refractivity contribution >= 4 is 11.8 Å². The molecule has 0 aliphatic heterocycles. The van der Waals surface area contributed by atoms with Crippen LogP contribution in [0.2, 0.25) is 0 Å². The Hall–Kier alpha value is -2.24. The fourth-order valence-corrected chi connectivity index (χ4v) is 1.65. The molecule has 114 valence electrons. The number of hydrogen-bond donors (Lipinski definition) is 0. The van der Waals surface area contributed by atoms with Crippen molar-refractivity contribution < 1.29 is 23.1 Å². The molecular formula is C15H17F2NO3. The van der Waals surface area contributed by atoms with Crippen molar-refractivity contribution in [3.05, 3.63) is 46.7 Å². The second-order valence-electron chi connectivity index (χ2n) is 4.64. The van der Waals surface area contributed by atoms with Gasteiger partial charge in [0.1, 0.15) is 17.2 Å². The summed E-state index contributed by atoms with van der Waals surface area (Å²) >= 11 is 0. The maximum Gasteiger partial charge on any atom is 0.343 e. The number of carbonyl (C=O) groups is 2. The molecule has 0 radical (unpaired) electrons. The molecule has 0 N–H and O–H groups in total. The molecule has 0 unspecified atom stereocenters. The number of carbonyl (C=O) groups excluding carboxylic acids is 2. The second kappa shape index (κ2) is 6.97. The third-order valence-corrected chi connectivity index (χ3v) is 2.62. The van der Waals surface area contributed by atoms with Gasteiger partial charge in [-0.05, 0) is 25.5 Å². The minimum absolute atomic E-state index is 0.0851. The Labute approximate surface area is 122 Å². The van der Waals surface area contributed by atoms with Gasteiger partial charge in [-0.1, -0.05) is 0 Å². The van der Waals surface area contributed by atoms with E-state index in [1.807, 2.05) is 0 Å². The first-order chi connectivity index (χ1) is 9.77. The summed E-state index contributed by atoms with van der Waals surface area (Å²) < 4.78 is 31.8. The summed E-state index contributed by atoms with van der Waals surface area (Å²) in [6.45, 7) is 3.09. The quantitative estimate of drug-likeness (QED) is 0.275. The van der Waals surface area contributed by atoms with Crippen LogP contribution in [0.15, 0.2) is 23.9 Å². The molecule has 0 atom stereocenters. The number of ketones is 1. The van der Waals surface area contributed by atoms with Crippen molar-refractivity contribution in [3.63, 3.8) is 0 Å². The third kappa shape index (κ3) is 4.11. The first-order valence-corrected chi connectivity index (χ1v) is 6.33. The number of halogens is 2. The maximum absolute atomic E-state index is 13.8. The molecule has 21 heavy (non-hydrogen) atoms. The van der Waals surface area contributed by atoms with E-state index in [1.54, 1.807) is 21.0 Å². The van der Waals surface area contributed by atoms with Gasteiger partial charge in [0.15, 0.2) is 0 Å². The van der Waals surface area contributed by atoms with E-state index >= 15 is 0 Å². The minimum atomic E-state index is -1.02. The highest BCUT2D eigenvalue weighted by molar-refractivity contribution is 6.24. The molecule has 0 aliphatic rings. The van der Waals surface area contributed by atoms with E-state index in [9.17, 15) is 18.4 Å². The van der Waals surface area contributed by atoms with Crippen LogP contribution in [0, 0.1) is 18.6 Å². The lowest BCUT2D eigenvalue weighted by Crippen LogP contribution is -2.20. The van der Waals surface area contributed by atoms with Gasteiger partial charge in [-0.2, -0.15) is 0 Å². The first-order valence-electron chi connectivity index (χ1n) is 6.33. The van der Waals surface area contributed by atoms with Crippen LogP contribution < -0.4 is 0 Å². The number of esters is 1. The number of ether oxygens (including phenoxy) is 1. The molecule has 0 aromatic heterocycles. The van der Waals surface area contributed by atoms with Gasteiger partial charge in [-0.3, -0.25) is 4.79 Å². The van der Waals surface area contributed by atoms with Gasteiger partial charge in [0, 0.05) is 26.4 Å². The minimum Gasteiger partial charge on any atom is -0.462 e. The van der Waals surface area contributed by atoms with E-state index < -0.39 is 23.4 Å². The van der Waals surface area contributed by atoms with Crippen LogP contribution in [-0.4, -0.2) is 37.4 Å². The molecule has 1 aromatic rings. The highest BCUT2D eigenvalue weighted by Crippen LogP contribution is 2.18. The van der Waals surface area contributed by atoms with Crippen LogP contribution in [0.1, 0.15) is 22.8 Å². The smallest absolute Gasteiger partial charge is 0.343 e. The largest absolute Gasteiger partial charge is 0.462 e. The predicted octanol–water partition coefficient (Wildman–Crippen LogP) is 2.46. The van der Waals surface area contributed by atoms with E-state index in [0.717, 1.165) is 6.07 Å². The zero-order chi connectivity index (χ0) is 16.2. The highest BCUT2D eigenvalue weighted by Gasteiger charge is 2.25. The molecule has 1 rings (SSSR count). The molecule has 0 spiro atoms. The van der Waals surface area contributed by atoms with Crippen LogP contribution in [-0.2, 0) is 9.53 Å². The zero-order valence-electron chi connectivity index (χ0n) is 12.4. The Bertz CT molecular complexity index is 595. The van der Waals surface area contributed by atoms with Crippen molar-refractivity contribution in [2.45, 2.75) is 13.8 Å². The highest BCUT2D eigenvalue weighted by atomic mass is 19.1. The predicted molar refractivity (Wildman–Crippen MR) is 73.8 cm³/mol. The fraction of sp³-hybridized carbons (Fsp3) is 0.333. The summed E-state index contributed by atoms with van der Waals surface area (Å²) in [5, 5.41) is 0. The normalized spacial score (nSPS) is 11.2. The zero-order valence-corrected chi connectivity index (χ0v) is 12.4. The van der Waals surface area contributed by atoms with Gasteiger partial charge >= 0.3 is 5.97 Å². The van der Waals surface area contributed by atoms with Crippen LogP contribution >= 0.6 is 0 Å². The van der Waals surface area contributed by atoms with E-state index in [2.05, 4.69) is 0 Å². The summed E-state index contributed by atoms with van der Waals surface area (Å²) in [5.74, 6) is -3.46. The molecule has 0 saturated heterocycles. The van der Waals surface area contributed by atoms with E-state index in [-0.39, 0.29) is 23.3 Å². The van der Waals surface area contributed by atoms with Gasteiger partial charge in [-0.25, -0.2) is 13.6 Å². The Morgan fingerprint density at radius 1 is 1.24 bits per heavy atom. The van der Waals surface area contributed by atoms with E-state index in [4.69, 9.17) is 4.74 Å². The molecule has 4 nitrogen and oxygen atoms in total. The van der Waals surface area contributed by atoms with Crippen molar-refractivity contribution in [1.29, 1.82) is 0 Å². The molecule has 0 saturated carbocycles. The van der Waals surface area contributed by atoms with Crippen LogP contribution in [0.5, 0.6) is 0 Å². The third-order valence-electron chi connectivity index (χ3n) is 2.62. The van der Waals surface area contributed by atoms with E-state index in [1.165, 1.54) is 18.0 Å². The topological polar surface area (TPSA) is 46.6 Å². The Kier molecular flexibility index (Phi) is 5.58. The number of nitrogens with zero attached hydrogens (tertiary/aromatic N) is 1. The van der Waals surface area contributed by atoms with Crippen LogP contribution in [0.4, 0.5) is 8.78 Å². The SMILES string of the molecule is CCOC(=O)/C(=C\N(C)C)C(=O)c1cc(C)c(F)cc1F. The number of benzene rings is 1. The van der Waals surface area contributed by atoms with Crippen molar-refractivity contribution in [1.82, 2.24) is 4.90 Å². The van der Waals surface area contributed by atoms with Crippen molar-refractivity contribution in [2.24, 2.45) is 0 Å². The maximum atomic E-state index is 13.8. The lowest BCUT2D eigenvalue weighted by Gasteiger charge is -2.11. The molecule has 0 bridgehead atoms. The number of aryl methyl sites for hydroxylation is 1. The Morgan fingerprint density at radius 3 is 2.38 bits per heavy atom. The monoisotopic (exact) mass is 297 g/mol. The van der Waals surface area contributed by atoms with Crippen molar-refractivity contribution in [3.8, 4) is 0 Å². The lowest BCUT2D eigenvalue weighted by atomic mass is 10.0. The molecule has 1 aromatic carbocycles. The van der Waals surface area contributed by atoms with Gasteiger partial charge in [0.25, 0.3) is 0 Å². The summed E-state index contributed by atoms with van der Waals surface area (Å²) in [5.41, 5.74) is -0.561. The van der Waals surface area contributed by atoms with Crippen LogP contribution in [0.25, 0.3) is 0 Å². The first kappa shape index (κ1) is 16.8. The average molecular weight is 297 g/mol. The van der Waals surface area contributed by atoms with Gasteiger partial charge in [-0.15, -0.1) is 0 Å². The van der Waals surface area contributed by atoms with Gasteiger partial charge in [0.2, 0.25) is 5.78 Å². The van der Waals surface area contributed by atoms with Crippen LogP contribution in [0.3, 0.4) is 0 Å². The summed E-state index contributed by atoms with van der Waals surface area (Å²) in [7, 11) is 3.22. The molecule has 6 heteroatoms. The number of Topliss-reactive ketones (excluding diaryl/α,β-unsaturated/α-hetero) is 1. The fourth-order valence-electron chi connectivity index (χ4n) is 1.65. The number of rotatable bonds is 5. The van der Waals surface area contributed by atoms with Crippen molar-refractivity contribution in [2.75, 3.05) is 20.7 Å². The molecule has 0 fully saturated rings. The standard InChI is InChI=1S/C15H17F2NO3/c1-5-21-15(20)11(8-18(3)4)14(19)10-6-9(2)12(16)7-13(10)17/h6-8H,5H2,1-4H3/b11-8-.